The maximum Gasteiger partial charge on any atom is 0.227 e. The molecular weight excluding hydrogens is 523 g/mol. The Balaban J connectivity index is 3.55. The van der Waals surface area contributed by atoms with Crippen molar-refractivity contribution in [1.29, 1.82) is 0 Å². The molecule has 0 unspecified atom stereocenters. The van der Waals surface area contributed by atoms with E-state index in [0.717, 1.165) is 12.0 Å². The Bertz CT molecular complexity index is 568. The third-order valence-electron chi connectivity index (χ3n) is 3.22. The average molecular weight is 534 g/mol. The molecule has 0 saturated carbocycles. The fraction of sp³-hybridized carbons (Fsp3) is 0.500. The Morgan fingerprint density at radius 2 is 1.25 bits per heavy atom. The van der Waals surface area contributed by atoms with Crippen molar-refractivity contribution in [1.82, 2.24) is 0 Å². The number of alkyl halides is 10. The Kier molecular flexibility index (Phi) is 8.70. The van der Waals surface area contributed by atoms with Gasteiger partial charge in [-0.3, -0.25) is 0 Å². The predicted molar refractivity (Wildman–Crippen MR) is 112 cm³/mol. The van der Waals surface area contributed by atoms with Crippen LogP contribution in [0.25, 0.3) is 0 Å². The van der Waals surface area contributed by atoms with E-state index in [4.69, 9.17) is 116 Å². The number of hydrogen-bond acceptors (Lipinski definition) is 0. The van der Waals surface area contributed by atoms with Crippen LogP contribution >= 0.6 is 116 Å². The van der Waals surface area contributed by atoms with Crippen LogP contribution in [0.1, 0.15) is 29.5 Å². The molecule has 10 heteroatoms. The third kappa shape index (κ3) is 5.34. The van der Waals surface area contributed by atoms with Gasteiger partial charge >= 0.3 is 0 Å². The molecule has 0 bridgehead atoms. The van der Waals surface area contributed by atoms with Gasteiger partial charge in [-0.25, -0.2) is 0 Å². The first-order valence-electron chi connectivity index (χ1n) is 6.48. The van der Waals surface area contributed by atoms with Crippen LogP contribution in [-0.2, 0) is 15.1 Å². The van der Waals surface area contributed by atoms with Crippen LogP contribution in [0.4, 0.5) is 0 Å². The van der Waals surface area contributed by atoms with Crippen molar-refractivity contribution in [3.8, 4) is 0 Å². The quantitative estimate of drug-likeness (QED) is 0.332. The molecule has 24 heavy (non-hydrogen) atoms. The molecule has 1 aromatic carbocycles. The fourth-order valence-corrected chi connectivity index (χ4v) is 3.13. The molecule has 0 atom stereocenters. The van der Waals surface area contributed by atoms with Crippen molar-refractivity contribution < 1.29 is 0 Å². The van der Waals surface area contributed by atoms with Gasteiger partial charge in [-0.15, -0.1) is 0 Å². The lowest BCUT2D eigenvalue weighted by Crippen LogP contribution is -2.32. The Morgan fingerprint density at radius 1 is 0.750 bits per heavy atom. The highest BCUT2D eigenvalue weighted by Gasteiger charge is 2.51. The second-order valence-corrected chi connectivity index (χ2v) is 12.2. The van der Waals surface area contributed by atoms with Crippen LogP contribution in [0.15, 0.2) is 18.2 Å². The molecule has 0 nitrogen and oxygen atoms in total. The summed E-state index contributed by atoms with van der Waals surface area (Å²) in [5.41, 5.74) is 1.31. The van der Waals surface area contributed by atoms with Crippen molar-refractivity contribution >= 4 is 116 Å². The van der Waals surface area contributed by atoms with Crippen LogP contribution in [0.3, 0.4) is 0 Å². The van der Waals surface area contributed by atoms with Crippen molar-refractivity contribution in [3.05, 3.63) is 41.8 Å². The van der Waals surface area contributed by atoms with E-state index in [9.17, 15) is 0 Å². The van der Waals surface area contributed by atoms with Gasteiger partial charge in [0.25, 0.3) is 0 Å². The lowest BCUT2D eigenvalue weighted by Gasteiger charge is -2.33. The summed E-state index contributed by atoms with van der Waals surface area (Å²) < 4.78 is -7.77. The van der Waals surface area contributed by atoms with Crippen LogP contribution in [0.5, 0.6) is 0 Å². The van der Waals surface area contributed by atoms with E-state index in [1.807, 2.05) is 0 Å². The first-order valence-corrected chi connectivity index (χ1v) is 10.3. The highest BCUT2D eigenvalue weighted by Crippen LogP contribution is 2.57. The smallest absolute Gasteiger partial charge is 0.0915 e. The first-order chi connectivity index (χ1) is 10.7. The molecule has 0 aliphatic heterocycles. The highest BCUT2D eigenvalue weighted by molar-refractivity contribution is 6.76. The van der Waals surface area contributed by atoms with E-state index in [1.54, 1.807) is 12.1 Å². The van der Waals surface area contributed by atoms with Gasteiger partial charge < -0.3 is 0 Å². The average Bonchev–Trinajstić information content (AvgIpc) is 2.42. The van der Waals surface area contributed by atoms with Gasteiger partial charge in [-0.1, -0.05) is 141 Å². The van der Waals surface area contributed by atoms with E-state index in [2.05, 4.69) is 6.92 Å². The Labute approximate surface area is 191 Å². The van der Waals surface area contributed by atoms with Gasteiger partial charge in [0.2, 0.25) is 7.59 Å². The maximum atomic E-state index is 6.33. The van der Waals surface area contributed by atoms with Crippen LogP contribution in [-0.4, -0.2) is 7.59 Å². The number of unbranched alkanes of at least 4 members (excludes halogenated alkanes) is 1. The minimum absolute atomic E-state index is 0.249. The summed E-state index contributed by atoms with van der Waals surface area (Å²) in [5, 5.41) is 0. The van der Waals surface area contributed by atoms with Crippen LogP contribution in [0.2, 0.25) is 0 Å². The molecule has 137 valence electrons. The van der Waals surface area contributed by atoms with Crippen molar-refractivity contribution in [2.75, 3.05) is 0 Å². The summed E-state index contributed by atoms with van der Waals surface area (Å²) in [6.07, 6.45) is 2.08. The molecular formula is C14H11Cl10. The normalized spacial score (nSPS) is 14.1. The third-order valence-corrected chi connectivity index (χ3v) is 8.06. The van der Waals surface area contributed by atoms with Gasteiger partial charge in [0, 0.05) is 0 Å². The van der Waals surface area contributed by atoms with Crippen LogP contribution < -0.4 is 0 Å². The summed E-state index contributed by atoms with van der Waals surface area (Å²) >= 11 is 60.4. The second kappa shape index (κ2) is 8.64. The SMILES string of the molecule is [CH2]CCCc1ccc(C(Cl)(Cl)C(Cl)(Cl)Cl)cc1C(Cl)(Cl)C(Cl)(Cl)Cl. The molecule has 0 aliphatic carbocycles. The Morgan fingerprint density at radius 3 is 1.67 bits per heavy atom. The predicted octanol–water partition coefficient (Wildman–Crippen LogP) is 8.84. The van der Waals surface area contributed by atoms with Crippen LogP contribution in [0, 0.1) is 6.92 Å². The monoisotopic (exact) mass is 529 g/mol. The summed E-state index contributed by atoms with van der Waals surface area (Å²) in [5.74, 6) is 0. The molecule has 0 fully saturated rings. The Hall–Kier alpha value is 2.12. The molecule has 0 aliphatic rings. The van der Waals surface area contributed by atoms with Crippen molar-refractivity contribution in [3.63, 3.8) is 0 Å². The second-order valence-electron chi connectivity index (χ2n) is 4.97. The number of benzene rings is 1. The minimum Gasteiger partial charge on any atom is -0.0915 e. The molecule has 0 heterocycles. The largest absolute Gasteiger partial charge is 0.227 e. The molecule has 1 rings (SSSR count). The molecule has 1 aromatic rings. The van der Waals surface area contributed by atoms with Gasteiger partial charge in [0.15, 0.2) is 8.67 Å². The summed E-state index contributed by atoms with van der Waals surface area (Å²) in [4.78, 5) is 0. The highest BCUT2D eigenvalue weighted by atomic mass is 35.6. The van der Waals surface area contributed by atoms with Crippen molar-refractivity contribution in [2.45, 2.75) is 35.5 Å². The van der Waals surface area contributed by atoms with Gasteiger partial charge in [0.05, 0.1) is 0 Å². The van der Waals surface area contributed by atoms with Gasteiger partial charge in [0.1, 0.15) is 0 Å². The van der Waals surface area contributed by atoms with E-state index >= 15 is 0 Å². The number of rotatable bonds is 5. The molecule has 0 saturated heterocycles. The fourth-order valence-electron chi connectivity index (χ4n) is 1.91. The molecule has 0 aromatic heterocycles. The number of aryl methyl sites for hydroxylation is 1. The standard InChI is InChI=1S/C14H11Cl10/c1-2-3-4-8-5-6-9(11(15,16)13(19,20)21)7-10(8)12(17,18)14(22,23)24/h5-7H,1-4H2. The summed E-state index contributed by atoms with van der Waals surface area (Å²) in [7, 11) is 0. The van der Waals surface area contributed by atoms with E-state index in [1.165, 1.54) is 6.07 Å². The topological polar surface area (TPSA) is 0 Å². The summed E-state index contributed by atoms with van der Waals surface area (Å²) in [6, 6.07) is 4.78. The summed E-state index contributed by atoms with van der Waals surface area (Å²) in [6.45, 7) is 3.79. The maximum absolute atomic E-state index is 6.33. The van der Waals surface area contributed by atoms with E-state index < -0.39 is 16.3 Å². The van der Waals surface area contributed by atoms with Gasteiger partial charge in [-0.2, -0.15) is 0 Å². The molecule has 0 N–H and O–H groups in total. The first kappa shape index (κ1) is 24.2. The zero-order valence-electron chi connectivity index (χ0n) is 11.8. The zero-order valence-corrected chi connectivity index (χ0v) is 19.4. The van der Waals surface area contributed by atoms with Crippen molar-refractivity contribution in [2.24, 2.45) is 0 Å². The number of hydrogen-bond donors (Lipinski definition) is 0. The molecule has 0 spiro atoms. The number of halogens is 10. The van der Waals surface area contributed by atoms with E-state index in [0.29, 0.717) is 18.4 Å². The molecule has 0 amide bonds. The lowest BCUT2D eigenvalue weighted by atomic mass is 9.96. The minimum atomic E-state index is -2.02. The molecule has 1 radical (unpaired) electrons. The zero-order chi connectivity index (χ0) is 19.0. The van der Waals surface area contributed by atoms with Gasteiger partial charge in [-0.05, 0) is 35.6 Å². The van der Waals surface area contributed by atoms with E-state index in [-0.39, 0.29) is 5.56 Å². The lowest BCUT2D eigenvalue weighted by molar-refractivity contribution is 0.788.